The van der Waals surface area contributed by atoms with Crippen molar-refractivity contribution in [2.45, 2.75) is 0 Å². The third kappa shape index (κ3) is 8.92. The molecule has 0 bridgehead atoms. The highest BCUT2D eigenvalue weighted by atomic mass is 15.3. The van der Waals surface area contributed by atoms with Crippen LogP contribution in [-0.2, 0) is 0 Å². The summed E-state index contributed by atoms with van der Waals surface area (Å²) in [5, 5.41) is 11.8. The molecule has 0 aliphatic rings. The first-order valence-corrected chi connectivity index (χ1v) is 34.4. The molecule has 0 atom stereocenters. The minimum atomic E-state index is 0.542. The molecule has 0 fully saturated rings. The Morgan fingerprint density at radius 3 is 0.752 bits per heavy atom. The summed E-state index contributed by atoms with van der Waals surface area (Å²) in [5.41, 5.74) is 24.4. The van der Waals surface area contributed by atoms with Gasteiger partial charge in [-0.1, -0.05) is 231 Å². The summed E-state index contributed by atoms with van der Waals surface area (Å²) in [4.78, 5) is 16.3. The Balaban J connectivity index is 0.708. The zero-order chi connectivity index (χ0) is 66.2. The molecule has 0 aliphatic heterocycles. The maximum atomic E-state index is 5.43. The van der Waals surface area contributed by atoms with E-state index in [1.807, 2.05) is 0 Å². The Bertz CT molecular complexity index is 6410. The minimum absolute atomic E-state index is 0.542. The van der Waals surface area contributed by atoms with Gasteiger partial charge < -0.3 is 13.7 Å². The van der Waals surface area contributed by atoms with Gasteiger partial charge in [-0.2, -0.15) is 15.0 Å². The van der Waals surface area contributed by atoms with Crippen molar-refractivity contribution in [3.05, 3.63) is 352 Å². The van der Waals surface area contributed by atoms with E-state index in [2.05, 4.69) is 375 Å². The highest BCUT2D eigenvalue weighted by Crippen LogP contribution is 2.43. The number of hydrogen-bond acceptors (Lipinski definition) is 3. The number of para-hydroxylation sites is 6. The Hall–Kier alpha value is -13.7. The average Bonchev–Trinajstić information content (AvgIpc) is 1.62. The Kier molecular flexibility index (Phi) is 12.5. The SMILES string of the molecule is c1ccc(-c2ccc3c4ccccc4n(-c4ccc(-c5ccc6c(c5)c5cc(-c7ccc(-n8c9ccccc9c9ccc(-c%10ccccc%10)cc98)cc7)ccc5n6-c5ccc(-c6nc(-n7c8ccccc8c8ccccc87)nc(-n7c8ccccc8c8ccccc87)n6)cc5)cc4)c3c2)cc1. The molecule has 0 radical (unpaired) electrons. The Morgan fingerprint density at radius 2 is 0.396 bits per heavy atom. The molecule has 0 saturated heterocycles. The maximum Gasteiger partial charge on any atom is 0.240 e. The smallest absolute Gasteiger partial charge is 0.240 e. The fourth-order valence-corrected chi connectivity index (χ4v) is 16.1. The normalized spacial score (nSPS) is 12.0. The molecule has 101 heavy (non-hydrogen) atoms. The first kappa shape index (κ1) is 56.5. The van der Waals surface area contributed by atoms with Crippen molar-refractivity contribution in [1.82, 2.24) is 37.8 Å². The highest BCUT2D eigenvalue weighted by molar-refractivity contribution is 6.15. The van der Waals surface area contributed by atoms with Gasteiger partial charge >= 0.3 is 0 Å². The van der Waals surface area contributed by atoms with Crippen molar-refractivity contribution in [2.24, 2.45) is 0 Å². The van der Waals surface area contributed by atoms with Crippen LogP contribution in [0.25, 0.3) is 194 Å². The predicted octanol–water partition coefficient (Wildman–Crippen LogP) is 23.7. The van der Waals surface area contributed by atoms with E-state index in [1.165, 1.54) is 65.9 Å². The molecule has 0 unspecified atom stereocenters. The Labute approximate surface area is 580 Å². The third-order valence-corrected chi connectivity index (χ3v) is 20.8. The third-order valence-electron chi connectivity index (χ3n) is 20.8. The predicted molar refractivity (Wildman–Crippen MR) is 419 cm³/mol. The summed E-state index contributed by atoms with van der Waals surface area (Å²) in [5.74, 6) is 1.65. The second kappa shape index (κ2) is 22.4. The van der Waals surface area contributed by atoms with Crippen LogP contribution in [0.1, 0.15) is 0 Å². The summed E-state index contributed by atoms with van der Waals surface area (Å²) < 4.78 is 11.6. The second-order valence-electron chi connectivity index (χ2n) is 26.3. The summed E-state index contributed by atoms with van der Waals surface area (Å²) >= 11 is 0. The van der Waals surface area contributed by atoms with Gasteiger partial charge in [-0.25, -0.2) is 0 Å². The number of nitrogens with zero attached hydrogens (tertiary/aromatic N) is 8. The molecule has 6 heterocycles. The standard InChI is InChI=1S/C93H58N8/c1-3-19-59(20-4-1)66-41-51-77-75-27-7-13-29-81(75)98(89(77)57-66)69-45-35-61(36-46-69)64-43-53-87-79(55-64)80-56-65(62-37-47-70(48-38-62)99-82-30-14-8-28-76(82)78-52-42-67(58-90(78)99)60-21-5-2-6-22-60)44-54-88(80)97(87)68-49-39-63(40-50-68)91-94-92(100-83-31-15-9-23-71(83)72-24-10-16-32-84(72)100)96-93(95-91)101-85-33-17-11-25-73(85)74-26-12-18-34-86(74)101/h1-58H. The van der Waals surface area contributed by atoms with Crippen LogP contribution in [0.15, 0.2) is 352 Å². The molecule has 0 amide bonds. The summed E-state index contributed by atoms with van der Waals surface area (Å²) in [6, 6.07) is 128. The van der Waals surface area contributed by atoms with Gasteiger partial charge in [0.2, 0.25) is 11.9 Å². The van der Waals surface area contributed by atoms with Crippen molar-refractivity contribution in [2.75, 3.05) is 0 Å². The molecule has 0 aliphatic carbocycles. The van der Waals surface area contributed by atoms with Crippen LogP contribution in [0, 0.1) is 0 Å². The summed E-state index contributed by atoms with van der Waals surface area (Å²) in [7, 11) is 0. The first-order chi connectivity index (χ1) is 50.1. The lowest BCUT2D eigenvalue weighted by molar-refractivity contribution is 0.893. The molecule has 21 rings (SSSR count). The van der Waals surface area contributed by atoms with Gasteiger partial charge in [-0.15, -0.1) is 0 Å². The monoisotopic (exact) mass is 1290 g/mol. The quantitative estimate of drug-likeness (QED) is 0.137. The molecule has 0 N–H and O–H groups in total. The van der Waals surface area contributed by atoms with Gasteiger partial charge in [0.05, 0.1) is 55.2 Å². The lowest BCUT2D eigenvalue weighted by atomic mass is 10.00. The Morgan fingerprint density at radius 1 is 0.149 bits per heavy atom. The van der Waals surface area contributed by atoms with E-state index in [-0.39, 0.29) is 0 Å². The molecule has 8 nitrogen and oxygen atoms in total. The van der Waals surface area contributed by atoms with E-state index in [1.54, 1.807) is 0 Å². The van der Waals surface area contributed by atoms with Gasteiger partial charge in [0.15, 0.2) is 5.82 Å². The van der Waals surface area contributed by atoms with Crippen molar-refractivity contribution in [3.63, 3.8) is 0 Å². The zero-order valence-corrected chi connectivity index (χ0v) is 54.6. The van der Waals surface area contributed by atoms with Gasteiger partial charge in [0.1, 0.15) is 0 Å². The number of rotatable bonds is 10. The van der Waals surface area contributed by atoms with Crippen LogP contribution < -0.4 is 0 Å². The molecule has 21 aromatic rings. The van der Waals surface area contributed by atoms with Crippen LogP contribution in [0.2, 0.25) is 0 Å². The van der Waals surface area contributed by atoms with Crippen molar-refractivity contribution < 1.29 is 0 Å². The van der Waals surface area contributed by atoms with E-state index in [0.29, 0.717) is 17.7 Å². The van der Waals surface area contributed by atoms with Crippen LogP contribution in [0.5, 0.6) is 0 Å². The lowest BCUT2D eigenvalue weighted by Crippen LogP contribution is -2.10. The van der Waals surface area contributed by atoms with E-state index in [9.17, 15) is 0 Å². The second-order valence-corrected chi connectivity index (χ2v) is 26.3. The molecule has 6 aromatic heterocycles. The van der Waals surface area contributed by atoms with Gasteiger partial charge in [0, 0.05) is 76.5 Å². The first-order valence-electron chi connectivity index (χ1n) is 34.4. The van der Waals surface area contributed by atoms with Crippen molar-refractivity contribution in [1.29, 1.82) is 0 Å². The lowest BCUT2D eigenvalue weighted by Gasteiger charge is -2.13. The van der Waals surface area contributed by atoms with Crippen LogP contribution >= 0.6 is 0 Å². The van der Waals surface area contributed by atoms with Gasteiger partial charge in [-0.05, 0) is 166 Å². The topological polar surface area (TPSA) is 63.3 Å². The van der Waals surface area contributed by atoms with E-state index >= 15 is 0 Å². The summed E-state index contributed by atoms with van der Waals surface area (Å²) in [6.45, 7) is 0. The fraction of sp³-hybridized carbons (Fsp3) is 0. The van der Waals surface area contributed by atoms with E-state index < -0.39 is 0 Å². The molecule has 0 saturated carbocycles. The number of fused-ring (bicyclic) bond motifs is 15. The number of hydrogen-bond donors (Lipinski definition) is 0. The van der Waals surface area contributed by atoms with Gasteiger partial charge in [0.25, 0.3) is 0 Å². The van der Waals surface area contributed by atoms with E-state index in [4.69, 9.17) is 15.0 Å². The minimum Gasteiger partial charge on any atom is -0.309 e. The summed E-state index contributed by atoms with van der Waals surface area (Å²) in [6.07, 6.45) is 0. The maximum absolute atomic E-state index is 5.43. The highest BCUT2D eigenvalue weighted by Gasteiger charge is 2.23. The van der Waals surface area contributed by atoms with Crippen molar-refractivity contribution in [3.8, 4) is 84.9 Å². The van der Waals surface area contributed by atoms with Crippen LogP contribution in [-0.4, -0.2) is 37.8 Å². The molecule has 15 aromatic carbocycles. The molecule has 0 spiro atoms. The zero-order valence-electron chi connectivity index (χ0n) is 54.6. The molecular formula is C93H58N8. The molecule has 8 heteroatoms. The van der Waals surface area contributed by atoms with E-state index in [0.717, 1.165) is 110 Å². The number of benzene rings is 15. The molecule has 470 valence electrons. The number of aromatic nitrogens is 8. The van der Waals surface area contributed by atoms with Gasteiger partial charge in [-0.3, -0.25) is 9.13 Å². The van der Waals surface area contributed by atoms with Crippen molar-refractivity contribution >= 4 is 109 Å². The fourth-order valence-electron chi connectivity index (χ4n) is 16.1. The van der Waals surface area contributed by atoms with Crippen LogP contribution in [0.4, 0.5) is 0 Å². The van der Waals surface area contributed by atoms with Crippen LogP contribution in [0.3, 0.4) is 0 Å². The average molecular weight is 1290 g/mol. The largest absolute Gasteiger partial charge is 0.309 e. The molecular weight excluding hydrogens is 1230 g/mol.